The van der Waals surface area contributed by atoms with Crippen LogP contribution >= 0.6 is 0 Å². The van der Waals surface area contributed by atoms with Crippen LogP contribution in [0.3, 0.4) is 0 Å². The molecule has 0 saturated carbocycles. The zero-order valence-corrected chi connectivity index (χ0v) is 16.2. The average Bonchev–Trinajstić information content (AvgIpc) is 2.13. The van der Waals surface area contributed by atoms with Crippen LogP contribution in [0.15, 0.2) is 0 Å². The number of aliphatic carboxylic acids is 4. The molecule has 2 radical (unpaired) electrons. The summed E-state index contributed by atoms with van der Waals surface area (Å²) in [6.07, 6.45) is 0. The van der Waals surface area contributed by atoms with Gasteiger partial charge in [0.1, 0.15) is 0 Å². The van der Waals surface area contributed by atoms with Crippen molar-refractivity contribution in [2.45, 2.75) is 27.7 Å². The summed E-state index contributed by atoms with van der Waals surface area (Å²) in [7, 11) is 0. The van der Waals surface area contributed by atoms with Gasteiger partial charge < -0.3 is 31.9 Å². The van der Waals surface area contributed by atoms with Crippen LogP contribution in [0.4, 0.5) is 0 Å². The predicted octanol–water partition coefficient (Wildman–Crippen LogP) is -1.11. The first-order valence-corrected chi connectivity index (χ1v) is 5.03. The van der Waals surface area contributed by atoms with Gasteiger partial charge in [-0.05, 0) is 0 Å². The van der Waals surface area contributed by atoms with Gasteiger partial charge in [-0.15, -0.1) is 0 Å². The minimum atomic E-state index is -0.833. The van der Waals surface area contributed by atoms with Crippen LogP contribution in [-0.4, -0.2) is 103 Å². The monoisotopic (exact) mass is 388 g/mol. The number of carboxylic acids is 4. The minimum Gasteiger partial charge on any atom is -0.481 e. The Morgan fingerprint density at radius 3 is 0.667 bits per heavy atom. The number of rotatable bonds is 1. The maximum Gasteiger partial charge on any atom is 0.300 e. The van der Waals surface area contributed by atoms with Gasteiger partial charge in [-0.25, -0.2) is 0 Å². The standard InChI is InChI=1S/C2H8N2.4C2H4O2.Sr/c3-1-2-4;4*1-2(3)4;/h1-4H2;4*1H3,(H,3,4);. The van der Waals surface area contributed by atoms with E-state index in [9.17, 15) is 0 Å². The molecule has 0 aromatic heterocycles. The summed E-state index contributed by atoms with van der Waals surface area (Å²) in [4.78, 5) is 36.0. The summed E-state index contributed by atoms with van der Waals surface area (Å²) in [5, 5.41) is 29.7. The molecule has 0 aliphatic rings. The number of hydrogen-bond donors (Lipinski definition) is 6. The van der Waals surface area contributed by atoms with Crippen molar-refractivity contribution in [2.75, 3.05) is 13.1 Å². The van der Waals surface area contributed by atoms with E-state index in [1.165, 1.54) is 0 Å². The minimum absolute atomic E-state index is 0. The summed E-state index contributed by atoms with van der Waals surface area (Å²) in [5.74, 6) is -3.33. The van der Waals surface area contributed by atoms with Crippen molar-refractivity contribution >= 4 is 69.4 Å². The molecule has 0 amide bonds. The van der Waals surface area contributed by atoms with Crippen LogP contribution in [0.2, 0.25) is 0 Å². The fraction of sp³-hybridized carbons (Fsp3) is 0.600. The zero-order valence-electron chi connectivity index (χ0n) is 12.7. The fourth-order valence-electron chi connectivity index (χ4n) is 0. The normalized spacial score (nSPS) is 6.19. The molecule has 0 aliphatic carbocycles. The van der Waals surface area contributed by atoms with Gasteiger partial charge in [0.05, 0.1) is 0 Å². The summed E-state index contributed by atoms with van der Waals surface area (Å²) in [5.41, 5.74) is 9.81. The summed E-state index contributed by atoms with van der Waals surface area (Å²) < 4.78 is 0. The third-order valence-electron chi connectivity index (χ3n) is 0.167. The van der Waals surface area contributed by atoms with E-state index in [1.807, 2.05) is 0 Å². The maximum atomic E-state index is 9.00. The van der Waals surface area contributed by atoms with Crippen LogP contribution in [-0.2, 0) is 19.2 Å². The molecule has 0 saturated heterocycles. The van der Waals surface area contributed by atoms with Crippen LogP contribution in [0.1, 0.15) is 27.7 Å². The molecule has 8 N–H and O–H groups in total. The Bertz CT molecular complexity index is 195. The fourth-order valence-corrected chi connectivity index (χ4v) is 0. The van der Waals surface area contributed by atoms with Crippen molar-refractivity contribution in [1.29, 1.82) is 0 Å². The van der Waals surface area contributed by atoms with Crippen molar-refractivity contribution < 1.29 is 39.6 Å². The Kier molecular flexibility index (Phi) is 64.3. The van der Waals surface area contributed by atoms with E-state index in [1.54, 1.807) is 0 Å². The Morgan fingerprint density at radius 1 is 0.619 bits per heavy atom. The topological polar surface area (TPSA) is 201 Å². The Labute approximate surface area is 160 Å². The smallest absolute Gasteiger partial charge is 0.300 e. The Morgan fingerprint density at radius 2 is 0.667 bits per heavy atom. The molecule has 11 heteroatoms. The Balaban J connectivity index is -0.0000000331. The molecular weight excluding hydrogens is 364 g/mol. The van der Waals surface area contributed by atoms with Crippen LogP contribution in [0.25, 0.3) is 0 Å². The van der Waals surface area contributed by atoms with E-state index >= 15 is 0 Å². The van der Waals surface area contributed by atoms with E-state index in [-0.39, 0.29) is 45.5 Å². The van der Waals surface area contributed by atoms with Crippen molar-refractivity contribution in [1.82, 2.24) is 0 Å². The van der Waals surface area contributed by atoms with Crippen molar-refractivity contribution in [3.05, 3.63) is 0 Å². The first kappa shape index (κ1) is 37.0. The number of carboxylic acid groups (broad SMARTS) is 4. The number of carbonyl (C=O) groups is 4. The summed E-state index contributed by atoms with van der Waals surface area (Å²) >= 11 is 0. The average molecular weight is 388 g/mol. The van der Waals surface area contributed by atoms with Gasteiger partial charge in [0.2, 0.25) is 0 Å². The molecule has 0 aliphatic heterocycles. The summed E-state index contributed by atoms with van der Waals surface area (Å²) in [6.45, 7) is 5.53. The molecular formula is C10H24N2O8Sr. The molecule has 0 rings (SSSR count). The van der Waals surface area contributed by atoms with E-state index in [0.29, 0.717) is 13.1 Å². The molecule has 0 aromatic carbocycles. The third kappa shape index (κ3) is 73200. The zero-order chi connectivity index (χ0) is 17.7. The van der Waals surface area contributed by atoms with Crippen LogP contribution in [0.5, 0.6) is 0 Å². The van der Waals surface area contributed by atoms with Crippen LogP contribution < -0.4 is 11.5 Å². The maximum absolute atomic E-state index is 9.00. The second kappa shape index (κ2) is 36.5. The van der Waals surface area contributed by atoms with Gasteiger partial charge in [0.15, 0.2) is 0 Å². The number of hydrogen-bond acceptors (Lipinski definition) is 6. The van der Waals surface area contributed by atoms with Gasteiger partial charge in [0.25, 0.3) is 23.9 Å². The molecule has 124 valence electrons. The van der Waals surface area contributed by atoms with E-state index in [4.69, 9.17) is 51.1 Å². The molecule has 0 atom stereocenters. The third-order valence-corrected chi connectivity index (χ3v) is 0.167. The summed E-state index contributed by atoms with van der Waals surface area (Å²) in [6, 6.07) is 0. The van der Waals surface area contributed by atoms with Crippen molar-refractivity contribution in [3.63, 3.8) is 0 Å². The van der Waals surface area contributed by atoms with Gasteiger partial charge in [0, 0.05) is 86.3 Å². The molecule has 0 spiro atoms. The first-order valence-electron chi connectivity index (χ1n) is 5.03. The molecule has 0 bridgehead atoms. The molecule has 0 heterocycles. The van der Waals surface area contributed by atoms with Crippen LogP contribution in [0, 0.1) is 0 Å². The van der Waals surface area contributed by atoms with Crippen molar-refractivity contribution in [3.8, 4) is 0 Å². The van der Waals surface area contributed by atoms with Gasteiger partial charge in [-0.2, -0.15) is 0 Å². The Hall–Kier alpha value is -0.719. The largest absolute Gasteiger partial charge is 0.481 e. The molecule has 0 fully saturated rings. The van der Waals surface area contributed by atoms with Gasteiger partial charge in [-0.1, -0.05) is 0 Å². The van der Waals surface area contributed by atoms with E-state index in [2.05, 4.69) is 0 Å². The molecule has 10 nitrogen and oxygen atoms in total. The predicted molar refractivity (Wildman–Crippen MR) is 77.1 cm³/mol. The first-order chi connectivity index (χ1) is 8.84. The van der Waals surface area contributed by atoms with E-state index in [0.717, 1.165) is 27.7 Å². The molecule has 0 unspecified atom stereocenters. The second-order valence-electron chi connectivity index (χ2n) is 2.65. The van der Waals surface area contributed by atoms with E-state index < -0.39 is 23.9 Å². The van der Waals surface area contributed by atoms with Gasteiger partial charge >= 0.3 is 0 Å². The second-order valence-corrected chi connectivity index (χ2v) is 2.65. The molecule has 0 aromatic rings. The quantitative estimate of drug-likeness (QED) is 0.299. The number of nitrogens with two attached hydrogens (primary N) is 2. The van der Waals surface area contributed by atoms with Gasteiger partial charge in [-0.3, -0.25) is 19.2 Å². The molecule has 21 heavy (non-hydrogen) atoms. The SMILES string of the molecule is CC(=O)O.CC(=O)O.CC(=O)O.CC(=O)O.NCCN.[Sr]. The van der Waals surface area contributed by atoms with Crippen molar-refractivity contribution in [2.24, 2.45) is 11.5 Å².